The molecule has 0 aliphatic heterocycles. The number of aromatic nitrogens is 1. The molecule has 4 N–H and O–H groups in total. The van der Waals surface area contributed by atoms with E-state index in [-0.39, 0.29) is 17.6 Å². The van der Waals surface area contributed by atoms with Crippen LogP contribution in [0.3, 0.4) is 0 Å². The van der Waals surface area contributed by atoms with Gasteiger partial charge in [0.15, 0.2) is 0 Å². The minimum atomic E-state index is -0.649. The molecule has 22 heavy (non-hydrogen) atoms. The van der Waals surface area contributed by atoms with Crippen LogP contribution in [0.25, 0.3) is 0 Å². The minimum Gasteiger partial charge on any atom is -0.359 e. The van der Waals surface area contributed by atoms with Gasteiger partial charge in [-0.3, -0.25) is 9.59 Å². The van der Waals surface area contributed by atoms with Crippen molar-refractivity contribution in [3.05, 3.63) is 52.8 Å². The van der Waals surface area contributed by atoms with E-state index in [1.165, 1.54) is 6.07 Å². The van der Waals surface area contributed by atoms with Crippen molar-refractivity contribution in [2.45, 2.75) is 19.9 Å². The van der Waals surface area contributed by atoms with E-state index in [0.717, 1.165) is 0 Å². The summed E-state index contributed by atoms with van der Waals surface area (Å²) < 4.78 is 0. The Hall–Kier alpha value is -2.11. The Bertz CT molecular complexity index is 681. The lowest BCUT2D eigenvalue weighted by atomic mass is 10.0. The number of halogens is 1. The molecule has 1 aromatic carbocycles. The van der Waals surface area contributed by atoms with Crippen LogP contribution in [0.15, 0.2) is 36.5 Å². The Kier molecular flexibility index (Phi) is 5.00. The molecule has 0 bridgehead atoms. The van der Waals surface area contributed by atoms with Crippen molar-refractivity contribution in [2.24, 2.45) is 11.7 Å². The van der Waals surface area contributed by atoms with Gasteiger partial charge < -0.3 is 16.0 Å². The summed E-state index contributed by atoms with van der Waals surface area (Å²) in [6.07, 6.45) is 1.66. The Morgan fingerprint density at radius 3 is 2.59 bits per heavy atom. The summed E-state index contributed by atoms with van der Waals surface area (Å²) in [6.45, 7) is 3.72. The van der Waals surface area contributed by atoms with Crippen molar-refractivity contribution >= 4 is 29.0 Å². The average Bonchev–Trinajstić information content (AvgIpc) is 3.01. The molecular weight excluding hydrogens is 302 g/mol. The predicted octanol–water partition coefficient (Wildman–Crippen LogP) is 2.82. The SMILES string of the molecule is CC(C)[C@H](N)C(=O)Nc1ccc(Cl)cc1C(=O)c1ccc[nH]1. The molecule has 0 saturated carbocycles. The number of benzene rings is 1. The van der Waals surface area contributed by atoms with Crippen LogP contribution in [0.1, 0.15) is 29.9 Å². The topological polar surface area (TPSA) is 88.0 Å². The van der Waals surface area contributed by atoms with Crippen LogP contribution in [-0.4, -0.2) is 22.7 Å². The molecule has 0 spiro atoms. The lowest BCUT2D eigenvalue weighted by Gasteiger charge is -2.17. The Labute approximate surface area is 133 Å². The van der Waals surface area contributed by atoms with E-state index in [1.807, 2.05) is 13.8 Å². The molecule has 0 aliphatic rings. The highest BCUT2D eigenvalue weighted by Gasteiger charge is 2.21. The molecule has 0 saturated heterocycles. The van der Waals surface area contributed by atoms with Gasteiger partial charge in [-0.1, -0.05) is 25.4 Å². The van der Waals surface area contributed by atoms with Crippen molar-refractivity contribution in [3.8, 4) is 0 Å². The van der Waals surface area contributed by atoms with Crippen molar-refractivity contribution in [1.82, 2.24) is 4.98 Å². The van der Waals surface area contributed by atoms with E-state index in [0.29, 0.717) is 22.0 Å². The highest BCUT2D eigenvalue weighted by molar-refractivity contribution is 6.31. The fourth-order valence-corrected chi connectivity index (χ4v) is 2.12. The van der Waals surface area contributed by atoms with E-state index in [1.54, 1.807) is 30.5 Å². The number of carbonyl (C=O) groups excluding carboxylic acids is 2. The number of hydrogen-bond acceptors (Lipinski definition) is 3. The zero-order valence-corrected chi connectivity index (χ0v) is 13.1. The Morgan fingerprint density at radius 1 is 1.27 bits per heavy atom. The molecule has 1 atom stereocenters. The van der Waals surface area contributed by atoms with Gasteiger partial charge in [0.25, 0.3) is 0 Å². The predicted molar refractivity (Wildman–Crippen MR) is 87.1 cm³/mol. The van der Waals surface area contributed by atoms with Gasteiger partial charge in [-0.25, -0.2) is 0 Å². The maximum atomic E-state index is 12.5. The number of aromatic amines is 1. The maximum absolute atomic E-state index is 12.5. The smallest absolute Gasteiger partial charge is 0.241 e. The van der Waals surface area contributed by atoms with E-state index in [2.05, 4.69) is 10.3 Å². The standard InChI is InChI=1S/C16H18ClN3O2/c1-9(2)14(18)16(22)20-12-6-5-10(17)8-11(12)15(21)13-4-3-7-19-13/h3-9,14,19H,18H2,1-2H3,(H,20,22)/t14-/m0/s1. The third kappa shape index (κ3) is 3.55. The highest BCUT2D eigenvalue weighted by Crippen LogP contribution is 2.23. The monoisotopic (exact) mass is 319 g/mol. The number of carbonyl (C=O) groups is 2. The lowest BCUT2D eigenvalue weighted by molar-refractivity contribution is -0.118. The summed E-state index contributed by atoms with van der Waals surface area (Å²) in [5.41, 5.74) is 6.96. The molecule has 2 rings (SSSR count). The summed E-state index contributed by atoms with van der Waals surface area (Å²) in [6, 6.07) is 7.48. The quantitative estimate of drug-likeness (QED) is 0.740. The van der Waals surface area contributed by atoms with Gasteiger partial charge in [-0.05, 0) is 36.2 Å². The van der Waals surface area contributed by atoms with E-state index in [4.69, 9.17) is 17.3 Å². The molecule has 0 aliphatic carbocycles. The number of nitrogens with one attached hydrogen (secondary N) is 2. The van der Waals surface area contributed by atoms with Crippen LogP contribution < -0.4 is 11.1 Å². The maximum Gasteiger partial charge on any atom is 0.241 e. The molecule has 1 amide bonds. The van der Waals surface area contributed by atoms with Crippen LogP contribution in [0.5, 0.6) is 0 Å². The van der Waals surface area contributed by atoms with E-state index in [9.17, 15) is 9.59 Å². The van der Waals surface area contributed by atoms with Gasteiger partial charge in [-0.15, -0.1) is 0 Å². The molecule has 0 radical (unpaired) electrons. The second-order valence-electron chi connectivity index (χ2n) is 5.36. The summed E-state index contributed by atoms with van der Waals surface area (Å²) in [4.78, 5) is 27.5. The van der Waals surface area contributed by atoms with Crippen molar-refractivity contribution in [3.63, 3.8) is 0 Å². The van der Waals surface area contributed by atoms with Crippen molar-refractivity contribution in [1.29, 1.82) is 0 Å². The van der Waals surface area contributed by atoms with Crippen LogP contribution in [-0.2, 0) is 4.79 Å². The fraction of sp³-hybridized carbons (Fsp3) is 0.250. The van der Waals surface area contributed by atoms with Crippen LogP contribution in [0.2, 0.25) is 5.02 Å². The van der Waals surface area contributed by atoms with Crippen LogP contribution in [0, 0.1) is 5.92 Å². The van der Waals surface area contributed by atoms with Gasteiger partial charge in [0, 0.05) is 16.8 Å². The average molecular weight is 320 g/mol. The van der Waals surface area contributed by atoms with Crippen molar-refractivity contribution in [2.75, 3.05) is 5.32 Å². The van der Waals surface area contributed by atoms with E-state index >= 15 is 0 Å². The molecule has 5 nitrogen and oxygen atoms in total. The first-order chi connectivity index (χ1) is 10.4. The molecule has 1 heterocycles. The first-order valence-electron chi connectivity index (χ1n) is 6.94. The Balaban J connectivity index is 2.32. The molecule has 116 valence electrons. The number of H-pyrrole nitrogens is 1. The van der Waals surface area contributed by atoms with Crippen LogP contribution in [0.4, 0.5) is 5.69 Å². The molecular formula is C16H18ClN3O2. The van der Waals surface area contributed by atoms with Crippen molar-refractivity contribution < 1.29 is 9.59 Å². The normalized spacial score (nSPS) is 12.2. The van der Waals surface area contributed by atoms with Gasteiger partial charge in [0.1, 0.15) is 0 Å². The number of anilines is 1. The van der Waals surface area contributed by atoms with Gasteiger partial charge in [0.2, 0.25) is 11.7 Å². The number of nitrogens with two attached hydrogens (primary N) is 1. The van der Waals surface area contributed by atoms with E-state index < -0.39 is 6.04 Å². The summed E-state index contributed by atoms with van der Waals surface area (Å²) in [5, 5.41) is 3.12. The second-order valence-corrected chi connectivity index (χ2v) is 5.80. The fourth-order valence-electron chi connectivity index (χ4n) is 1.95. The first-order valence-corrected chi connectivity index (χ1v) is 7.32. The zero-order valence-electron chi connectivity index (χ0n) is 12.4. The number of hydrogen-bond donors (Lipinski definition) is 3. The lowest BCUT2D eigenvalue weighted by Crippen LogP contribution is -2.40. The second kappa shape index (κ2) is 6.77. The molecule has 1 aromatic heterocycles. The zero-order chi connectivity index (χ0) is 16.3. The third-order valence-corrected chi connectivity index (χ3v) is 3.58. The Morgan fingerprint density at radius 2 is 2.00 bits per heavy atom. The summed E-state index contributed by atoms with van der Waals surface area (Å²) in [7, 11) is 0. The molecule has 2 aromatic rings. The minimum absolute atomic E-state index is 0.00476. The number of amides is 1. The molecule has 0 fully saturated rings. The summed E-state index contributed by atoms with van der Waals surface area (Å²) in [5.74, 6) is -0.589. The molecule has 0 unspecified atom stereocenters. The number of rotatable bonds is 5. The van der Waals surface area contributed by atoms with Crippen LogP contribution >= 0.6 is 11.6 Å². The van der Waals surface area contributed by atoms with Gasteiger partial charge >= 0.3 is 0 Å². The highest BCUT2D eigenvalue weighted by atomic mass is 35.5. The molecule has 6 heteroatoms. The third-order valence-electron chi connectivity index (χ3n) is 3.35. The largest absolute Gasteiger partial charge is 0.359 e. The summed E-state index contributed by atoms with van der Waals surface area (Å²) >= 11 is 5.97. The number of ketones is 1. The first kappa shape index (κ1) is 16.3. The van der Waals surface area contributed by atoms with Gasteiger partial charge in [0.05, 0.1) is 17.4 Å². The van der Waals surface area contributed by atoms with Gasteiger partial charge in [-0.2, -0.15) is 0 Å².